The third kappa shape index (κ3) is 3.50. The van der Waals surface area contributed by atoms with Crippen molar-refractivity contribution in [1.29, 1.82) is 0 Å². The molecule has 2 aromatic rings. The van der Waals surface area contributed by atoms with Crippen LogP contribution >= 0.6 is 0 Å². The summed E-state index contributed by atoms with van der Waals surface area (Å²) < 4.78 is 5.57. The van der Waals surface area contributed by atoms with E-state index in [9.17, 15) is 9.59 Å². The van der Waals surface area contributed by atoms with E-state index in [-0.39, 0.29) is 18.2 Å². The van der Waals surface area contributed by atoms with Gasteiger partial charge in [0.2, 0.25) is 5.91 Å². The molecule has 0 spiro atoms. The normalized spacial score (nSPS) is 17.0. The Bertz CT molecular complexity index is 771. The topological polar surface area (TPSA) is 58.6 Å². The minimum Gasteiger partial charge on any atom is -0.492 e. The molecule has 2 aromatic carbocycles. The van der Waals surface area contributed by atoms with E-state index in [1.54, 1.807) is 0 Å². The van der Waals surface area contributed by atoms with Gasteiger partial charge in [0.25, 0.3) is 5.91 Å². The van der Waals surface area contributed by atoms with Gasteiger partial charge in [-0.1, -0.05) is 31.2 Å². The van der Waals surface area contributed by atoms with Crippen molar-refractivity contribution in [3.8, 4) is 5.75 Å². The van der Waals surface area contributed by atoms with Crippen LogP contribution in [0, 0.1) is 0 Å². The van der Waals surface area contributed by atoms with Crippen molar-refractivity contribution in [2.45, 2.75) is 32.7 Å². The average molecular weight is 338 g/mol. The van der Waals surface area contributed by atoms with E-state index < -0.39 is 6.04 Å². The molecule has 0 aromatic heterocycles. The lowest BCUT2D eigenvalue weighted by molar-refractivity contribution is -0.121. The molecule has 130 valence electrons. The van der Waals surface area contributed by atoms with Crippen LogP contribution in [-0.2, 0) is 16.0 Å². The number of carbonyl (C=O) groups excluding carboxylic acids is 2. The summed E-state index contributed by atoms with van der Waals surface area (Å²) in [5.41, 5.74) is 2.51. The predicted octanol–water partition coefficient (Wildman–Crippen LogP) is 3.39. The number of rotatable bonds is 6. The standard InChI is InChI=1S/C20H22N2O3/c1-3-14-9-11-15(12-10-14)22-19(23)13-17(20(22)24)21-16-7-5-6-8-18(16)25-4-2/h5-12,17,21H,3-4,13H2,1-2H3/t17-/m0/s1. The zero-order chi connectivity index (χ0) is 17.8. The van der Waals surface area contributed by atoms with Gasteiger partial charge in [0, 0.05) is 0 Å². The van der Waals surface area contributed by atoms with Crippen molar-refractivity contribution in [1.82, 2.24) is 0 Å². The van der Waals surface area contributed by atoms with Crippen LogP contribution in [0.2, 0.25) is 0 Å². The van der Waals surface area contributed by atoms with E-state index in [4.69, 9.17) is 4.74 Å². The molecule has 1 heterocycles. The van der Waals surface area contributed by atoms with Crippen LogP contribution in [0.4, 0.5) is 11.4 Å². The van der Waals surface area contributed by atoms with Crippen molar-refractivity contribution in [2.75, 3.05) is 16.8 Å². The fourth-order valence-corrected chi connectivity index (χ4v) is 2.95. The number of nitrogens with one attached hydrogen (secondary N) is 1. The summed E-state index contributed by atoms with van der Waals surface area (Å²) in [7, 11) is 0. The SMILES string of the molecule is CCOc1ccccc1N[C@H]1CC(=O)N(c2ccc(CC)cc2)C1=O. The first kappa shape index (κ1) is 17.0. The van der Waals surface area contributed by atoms with Crippen LogP contribution in [0.1, 0.15) is 25.8 Å². The third-order valence-corrected chi connectivity index (χ3v) is 4.27. The monoisotopic (exact) mass is 338 g/mol. The molecule has 0 bridgehead atoms. The summed E-state index contributed by atoms with van der Waals surface area (Å²) in [6.07, 6.45) is 1.05. The van der Waals surface area contributed by atoms with Crippen molar-refractivity contribution in [3.05, 3.63) is 54.1 Å². The van der Waals surface area contributed by atoms with Crippen LogP contribution in [0.5, 0.6) is 5.75 Å². The Kier molecular flexibility index (Phi) is 5.03. The molecule has 0 aliphatic carbocycles. The number of benzene rings is 2. The fourth-order valence-electron chi connectivity index (χ4n) is 2.95. The number of amides is 2. The second kappa shape index (κ2) is 7.38. The van der Waals surface area contributed by atoms with Gasteiger partial charge in [-0.25, -0.2) is 4.90 Å². The summed E-state index contributed by atoms with van der Waals surface area (Å²) in [5, 5.41) is 3.16. The minimum atomic E-state index is -0.583. The second-order valence-electron chi connectivity index (χ2n) is 5.92. The number of hydrogen-bond acceptors (Lipinski definition) is 4. The smallest absolute Gasteiger partial charge is 0.256 e. The maximum absolute atomic E-state index is 12.7. The highest BCUT2D eigenvalue weighted by molar-refractivity contribution is 6.23. The van der Waals surface area contributed by atoms with Gasteiger partial charge in [0.05, 0.1) is 24.4 Å². The van der Waals surface area contributed by atoms with Gasteiger partial charge >= 0.3 is 0 Å². The number of ether oxygens (including phenoxy) is 1. The Balaban J connectivity index is 1.79. The van der Waals surface area contributed by atoms with E-state index in [0.717, 1.165) is 12.1 Å². The number of hydrogen-bond donors (Lipinski definition) is 1. The average Bonchev–Trinajstić information content (AvgIpc) is 2.90. The van der Waals surface area contributed by atoms with Gasteiger partial charge in [-0.3, -0.25) is 9.59 Å². The van der Waals surface area contributed by atoms with E-state index in [0.29, 0.717) is 18.0 Å². The third-order valence-electron chi connectivity index (χ3n) is 4.27. The summed E-state index contributed by atoms with van der Waals surface area (Å²) in [4.78, 5) is 26.4. The molecule has 0 radical (unpaired) electrons. The van der Waals surface area contributed by atoms with Gasteiger partial charge in [-0.05, 0) is 43.2 Å². The molecule has 3 rings (SSSR count). The maximum atomic E-state index is 12.7. The van der Waals surface area contributed by atoms with Crippen molar-refractivity contribution < 1.29 is 14.3 Å². The molecule has 1 saturated heterocycles. The minimum absolute atomic E-state index is 0.134. The lowest BCUT2D eigenvalue weighted by atomic mass is 10.1. The molecule has 25 heavy (non-hydrogen) atoms. The molecule has 1 N–H and O–H groups in total. The Morgan fingerprint density at radius 3 is 2.48 bits per heavy atom. The molecule has 5 heteroatoms. The number of nitrogens with zero attached hydrogens (tertiary/aromatic N) is 1. The number of aryl methyl sites for hydroxylation is 1. The first-order valence-corrected chi connectivity index (χ1v) is 8.58. The number of imide groups is 1. The predicted molar refractivity (Wildman–Crippen MR) is 98.0 cm³/mol. The Morgan fingerprint density at radius 1 is 1.08 bits per heavy atom. The van der Waals surface area contributed by atoms with Crippen molar-refractivity contribution in [2.24, 2.45) is 0 Å². The zero-order valence-corrected chi connectivity index (χ0v) is 14.5. The largest absolute Gasteiger partial charge is 0.492 e. The number of carbonyl (C=O) groups is 2. The summed E-state index contributed by atoms with van der Waals surface area (Å²) in [6.45, 7) is 4.51. The molecule has 2 amide bonds. The Labute approximate surface area is 147 Å². The van der Waals surface area contributed by atoms with E-state index in [2.05, 4.69) is 12.2 Å². The zero-order valence-electron chi connectivity index (χ0n) is 14.5. The summed E-state index contributed by atoms with van der Waals surface area (Å²) >= 11 is 0. The lowest BCUT2D eigenvalue weighted by Gasteiger charge is -2.18. The second-order valence-corrected chi connectivity index (χ2v) is 5.92. The van der Waals surface area contributed by atoms with Gasteiger partial charge < -0.3 is 10.1 Å². The van der Waals surface area contributed by atoms with E-state index >= 15 is 0 Å². The van der Waals surface area contributed by atoms with Crippen LogP contribution in [0.15, 0.2) is 48.5 Å². The number of anilines is 2. The highest BCUT2D eigenvalue weighted by atomic mass is 16.5. The molecule has 1 aliphatic rings. The highest BCUT2D eigenvalue weighted by Crippen LogP contribution is 2.29. The maximum Gasteiger partial charge on any atom is 0.256 e. The molecule has 1 atom stereocenters. The van der Waals surface area contributed by atoms with E-state index in [1.165, 1.54) is 10.5 Å². The quantitative estimate of drug-likeness (QED) is 0.820. The molecule has 0 unspecified atom stereocenters. The highest BCUT2D eigenvalue weighted by Gasteiger charge is 2.39. The van der Waals surface area contributed by atoms with Crippen LogP contribution < -0.4 is 15.0 Å². The lowest BCUT2D eigenvalue weighted by Crippen LogP contribution is -2.34. The van der Waals surface area contributed by atoms with Gasteiger partial charge in [-0.2, -0.15) is 0 Å². The van der Waals surface area contributed by atoms with Crippen molar-refractivity contribution in [3.63, 3.8) is 0 Å². The molecule has 5 nitrogen and oxygen atoms in total. The summed E-state index contributed by atoms with van der Waals surface area (Å²) in [5.74, 6) is 0.247. The number of para-hydroxylation sites is 2. The van der Waals surface area contributed by atoms with E-state index in [1.807, 2.05) is 55.5 Å². The Hall–Kier alpha value is -2.82. The first-order valence-electron chi connectivity index (χ1n) is 8.58. The Morgan fingerprint density at radius 2 is 1.80 bits per heavy atom. The van der Waals surface area contributed by atoms with Crippen LogP contribution in [0.25, 0.3) is 0 Å². The van der Waals surface area contributed by atoms with Gasteiger partial charge in [0.15, 0.2) is 0 Å². The molecule has 1 aliphatic heterocycles. The van der Waals surface area contributed by atoms with Crippen LogP contribution in [-0.4, -0.2) is 24.5 Å². The van der Waals surface area contributed by atoms with Gasteiger partial charge in [0.1, 0.15) is 11.8 Å². The molecular formula is C20H22N2O3. The molecular weight excluding hydrogens is 316 g/mol. The first-order chi connectivity index (χ1) is 12.1. The van der Waals surface area contributed by atoms with Gasteiger partial charge in [-0.15, -0.1) is 0 Å². The summed E-state index contributed by atoms with van der Waals surface area (Å²) in [6, 6.07) is 14.4. The van der Waals surface area contributed by atoms with Crippen molar-refractivity contribution >= 4 is 23.2 Å². The molecule has 0 saturated carbocycles. The van der Waals surface area contributed by atoms with Crippen LogP contribution in [0.3, 0.4) is 0 Å². The fraction of sp³-hybridized carbons (Fsp3) is 0.300. The molecule has 1 fully saturated rings.